The van der Waals surface area contributed by atoms with Crippen molar-refractivity contribution in [1.29, 1.82) is 0 Å². The van der Waals surface area contributed by atoms with Crippen LogP contribution in [0.15, 0.2) is 0 Å². The lowest BCUT2D eigenvalue weighted by molar-refractivity contribution is -0.151. The van der Waals surface area contributed by atoms with Crippen LogP contribution in [-0.2, 0) is 9.53 Å². The van der Waals surface area contributed by atoms with Gasteiger partial charge >= 0.3 is 5.97 Å². The number of esters is 1. The lowest BCUT2D eigenvalue weighted by atomic mass is 9.76. The van der Waals surface area contributed by atoms with Gasteiger partial charge in [-0.25, -0.2) is 0 Å². The van der Waals surface area contributed by atoms with E-state index in [1.807, 2.05) is 0 Å². The molecule has 118 valence electrons. The summed E-state index contributed by atoms with van der Waals surface area (Å²) in [5.74, 6) is 0.448. The van der Waals surface area contributed by atoms with Crippen LogP contribution in [0.1, 0.15) is 52.9 Å². The second kappa shape index (κ2) is 7.99. The minimum atomic E-state index is -0.0363. The van der Waals surface area contributed by atoms with Crippen molar-refractivity contribution in [2.75, 3.05) is 26.7 Å². The van der Waals surface area contributed by atoms with Crippen molar-refractivity contribution in [3.05, 3.63) is 0 Å². The van der Waals surface area contributed by atoms with E-state index in [4.69, 9.17) is 10.5 Å². The van der Waals surface area contributed by atoms with Crippen LogP contribution in [0.25, 0.3) is 0 Å². The van der Waals surface area contributed by atoms with Gasteiger partial charge in [0.15, 0.2) is 0 Å². The maximum absolute atomic E-state index is 12.0. The smallest absolute Gasteiger partial charge is 0.306 e. The first-order valence-corrected chi connectivity index (χ1v) is 7.91. The Kier molecular flexibility index (Phi) is 6.96. The van der Waals surface area contributed by atoms with E-state index in [1.165, 1.54) is 0 Å². The number of hydrogen-bond donors (Lipinski definition) is 1. The Morgan fingerprint density at radius 2 is 1.90 bits per heavy atom. The molecule has 0 radical (unpaired) electrons. The van der Waals surface area contributed by atoms with E-state index >= 15 is 0 Å². The van der Waals surface area contributed by atoms with Crippen LogP contribution in [0.4, 0.5) is 0 Å². The minimum Gasteiger partial charge on any atom is -0.462 e. The molecule has 0 aromatic carbocycles. The standard InChI is InChI=1S/C16H32N2O2/c1-16(2,3)13(7-10-17)5-6-15(19)20-14-8-11-18(4)12-9-14/h13-14H,5-12,17H2,1-4H3. The molecule has 1 unspecified atom stereocenters. The maximum Gasteiger partial charge on any atom is 0.306 e. The van der Waals surface area contributed by atoms with Crippen molar-refractivity contribution in [1.82, 2.24) is 4.90 Å². The predicted molar refractivity (Wildman–Crippen MR) is 82.5 cm³/mol. The van der Waals surface area contributed by atoms with Crippen molar-refractivity contribution in [3.63, 3.8) is 0 Å². The molecular formula is C16H32N2O2. The van der Waals surface area contributed by atoms with Gasteiger partial charge in [0.25, 0.3) is 0 Å². The number of carbonyl (C=O) groups is 1. The molecule has 1 heterocycles. The SMILES string of the molecule is CN1CCC(OC(=O)CCC(CCN)C(C)(C)C)CC1. The summed E-state index contributed by atoms with van der Waals surface area (Å²) in [7, 11) is 2.11. The lowest BCUT2D eigenvalue weighted by Crippen LogP contribution is -2.35. The van der Waals surface area contributed by atoms with Gasteiger partial charge in [0.1, 0.15) is 6.10 Å². The zero-order valence-corrected chi connectivity index (χ0v) is 13.7. The van der Waals surface area contributed by atoms with Gasteiger partial charge < -0.3 is 15.4 Å². The molecule has 4 heteroatoms. The molecule has 1 rings (SSSR count). The summed E-state index contributed by atoms with van der Waals surface area (Å²) in [6.07, 6.45) is 4.44. The molecule has 1 fully saturated rings. The predicted octanol–water partition coefficient (Wildman–Crippen LogP) is 2.42. The third kappa shape index (κ3) is 6.23. The average Bonchev–Trinajstić information content (AvgIpc) is 2.36. The lowest BCUT2D eigenvalue weighted by Gasteiger charge is -2.31. The first kappa shape index (κ1) is 17.4. The Bertz CT molecular complexity index is 291. The van der Waals surface area contributed by atoms with Crippen molar-refractivity contribution in [2.24, 2.45) is 17.1 Å². The van der Waals surface area contributed by atoms with Gasteiger partial charge in [-0.05, 0) is 50.6 Å². The summed E-state index contributed by atoms with van der Waals surface area (Å²) < 4.78 is 5.58. The molecule has 1 aliphatic heterocycles. The molecule has 0 spiro atoms. The minimum absolute atomic E-state index is 0.0363. The molecule has 0 aromatic heterocycles. The van der Waals surface area contributed by atoms with E-state index in [1.54, 1.807) is 0 Å². The molecule has 0 amide bonds. The van der Waals surface area contributed by atoms with Crippen LogP contribution in [0, 0.1) is 11.3 Å². The fourth-order valence-corrected chi connectivity index (χ4v) is 2.85. The van der Waals surface area contributed by atoms with Gasteiger partial charge in [-0.15, -0.1) is 0 Å². The molecule has 1 saturated heterocycles. The topological polar surface area (TPSA) is 55.6 Å². The Morgan fingerprint density at radius 1 is 1.30 bits per heavy atom. The molecule has 0 bridgehead atoms. The van der Waals surface area contributed by atoms with Crippen LogP contribution in [0.2, 0.25) is 0 Å². The van der Waals surface area contributed by atoms with E-state index in [0.29, 0.717) is 18.9 Å². The van der Waals surface area contributed by atoms with Gasteiger partial charge in [0.05, 0.1) is 0 Å². The van der Waals surface area contributed by atoms with Crippen molar-refractivity contribution < 1.29 is 9.53 Å². The molecule has 1 atom stereocenters. The molecule has 1 aliphatic rings. The Balaban J connectivity index is 2.31. The van der Waals surface area contributed by atoms with E-state index in [9.17, 15) is 4.79 Å². The summed E-state index contributed by atoms with van der Waals surface area (Å²) in [5.41, 5.74) is 5.88. The largest absolute Gasteiger partial charge is 0.462 e. The highest BCUT2D eigenvalue weighted by Gasteiger charge is 2.26. The van der Waals surface area contributed by atoms with Crippen LogP contribution in [-0.4, -0.2) is 43.7 Å². The summed E-state index contributed by atoms with van der Waals surface area (Å²) in [5, 5.41) is 0. The van der Waals surface area contributed by atoms with Crippen LogP contribution in [0.3, 0.4) is 0 Å². The van der Waals surface area contributed by atoms with E-state index in [-0.39, 0.29) is 17.5 Å². The third-order valence-electron chi connectivity index (χ3n) is 4.40. The first-order valence-electron chi connectivity index (χ1n) is 7.91. The fraction of sp³-hybridized carbons (Fsp3) is 0.938. The molecule has 20 heavy (non-hydrogen) atoms. The van der Waals surface area contributed by atoms with Crippen LogP contribution >= 0.6 is 0 Å². The number of carbonyl (C=O) groups excluding carboxylic acids is 1. The van der Waals surface area contributed by atoms with Gasteiger partial charge in [-0.3, -0.25) is 4.79 Å². The quantitative estimate of drug-likeness (QED) is 0.761. The number of rotatable bonds is 6. The second-order valence-corrected chi connectivity index (χ2v) is 7.17. The Morgan fingerprint density at radius 3 is 2.40 bits per heavy atom. The van der Waals surface area contributed by atoms with Gasteiger partial charge in [0.2, 0.25) is 0 Å². The molecule has 0 aromatic rings. The Labute approximate surface area is 124 Å². The molecule has 0 aliphatic carbocycles. The molecule has 4 nitrogen and oxygen atoms in total. The fourth-order valence-electron chi connectivity index (χ4n) is 2.85. The van der Waals surface area contributed by atoms with Gasteiger partial charge in [0, 0.05) is 19.5 Å². The summed E-state index contributed by atoms with van der Waals surface area (Å²) >= 11 is 0. The zero-order valence-electron chi connectivity index (χ0n) is 13.7. The van der Waals surface area contributed by atoms with Crippen molar-refractivity contribution in [3.8, 4) is 0 Å². The van der Waals surface area contributed by atoms with Crippen molar-refractivity contribution >= 4 is 5.97 Å². The number of hydrogen-bond acceptors (Lipinski definition) is 4. The summed E-state index contributed by atoms with van der Waals surface area (Å²) in [6, 6.07) is 0. The average molecular weight is 284 g/mol. The molecule has 0 saturated carbocycles. The highest BCUT2D eigenvalue weighted by Crippen LogP contribution is 2.32. The number of ether oxygens (including phenoxy) is 1. The third-order valence-corrected chi connectivity index (χ3v) is 4.40. The van der Waals surface area contributed by atoms with E-state index in [2.05, 4.69) is 32.7 Å². The molecular weight excluding hydrogens is 252 g/mol. The highest BCUT2D eigenvalue weighted by atomic mass is 16.5. The van der Waals surface area contributed by atoms with E-state index in [0.717, 1.165) is 38.8 Å². The monoisotopic (exact) mass is 284 g/mol. The number of nitrogens with two attached hydrogens (primary N) is 1. The maximum atomic E-state index is 12.0. The molecule has 2 N–H and O–H groups in total. The van der Waals surface area contributed by atoms with E-state index < -0.39 is 0 Å². The van der Waals surface area contributed by atoms with Crippen LogP contribution < -0.4 is 5.73 Å². The number of piperidine rings is 1. The number of likely N-dealkylation sites (tertiary alicyclic amines) is 1. The van der Waals surface area contributed by atoms with Crippen molar-refractivity contribution in [2.45, 2.75) is 59.0 Å². The second-order valence-electron chi connectivity index (χ2n) is 7.17. The zero-order chi connectivity index (χ0) is 15.2. The van der Waals surface area contributed by atoms with Crippen LogP contribution in [0.5, 0.6) is 0 Å². The van der Waals surface area contributed by atoms with Gasteiger partial charge in [-0.1, -0.05) is 20.8 Å². The summed E-state index contributed by atoms with van der Waals surface area (Å²) in [6.45, 7) is 9.39. The van der Waals surface area contributed by atoms with Gasteiger partial charge in [-0.2, -0.15) is 0 Å². The normalized spacial score (nSPS) is 19.9. The first-order chi connectivity index (χ1) is 9.32. The summed E-state index contributed by atoms with van der Waals surface area (Å²) in [4.78, 5) is 14.2. The number of nitrogens with zero attached hydrogens (tertiary/aromatic N) is 1. The highest BCUT2D eigenvalue weighted by molar-refractivity contribution is 5.69. The Hall–Kier alpha value is -0.610.